The number of likely N-dealkylation sites (tertiary alicyclic amines) is 1. The number of rotatable bonds is 6. The topological polar surface area (TPSA) is 62.7 Å². The summed E-state index contributed by atoms with van der Waals surface area (Å²) in [6.45, 7) is 0.828. The molecule has 6 nitrogen and oxygen atoms in total. The fourth-order valence-corrected chi connectivity index (χ4v) is 4.68. The summed E-state index contributed by atoms with van der Waals surface area (Å²) in [6, 6.07) is 14.1. The molecule has 4 rings (SSSR count). The largest absolute Gasteiger partial charge is 0.445 e. The van der Waals surface area contributed by atoms with Gasteiger partial charge in [-0.1, -0.05) is 65.7 Å². The normalized spacial score (nSPS) is 15.6. The Morgan fingerprint density at radius 3 is 2.72 bits per heavy atom. The number of benzene rings is 2. The van der Waals surface area contributed by atoms with Gasteiger partial charge in [0, 0.05) is 18.1 Å². The maximum absolute atomic E-state index is 13.6. The Morgan fingerprint density at radius 2 is 1.97 bits per heavy atom. The van der Waals surface area contributed by atoms with Gasteiger partial charge in [0.25, 0.3) is 5.91 Å². The molecule has 1 aromatic heterocycles. The highest BCUT2D eigenvalue weighted by atomic mass is 35.5. The van der Waals surface area contributed by atoms with E-state index in [4.69, 9.17) is 27.9 Å². The van der Waals surface area contributed by atoms with Crippen molar-refractivity contribution in [3.63, 3.8) is 0 Å². The number of amides is 2. The van der Waals surface area contributed by atoms with E-state index in [1.807, 2.05) is 36.4 Å². The van der Waals surface area contributed by atoms with E-state index in [9.17, 15) is 9.59 Å². The van der Waals surface area contributed by atoms with Crippen molar-refractivity contribution in [1.29, 1.82) is 0 Å². The summed E-state index contributed by atoms with van der Waals surface area (Å²) in [7, 11) is 0. The molecule has 2 heterocycles. The van der Waals surface area contributed by atoms with E-state index in [1.54, 1.807) is 28.6 Å². The van der Waals surface area contributed by atoms with Gasteiger partial charge in [0.2, 0.25) is 0 Å². The second-order valence-electron chi connectivity index (χ2n) is 7.34. The zero-order valence-corrected chi connectivity index (χ0v) is 19.4. The fraction of sp³-hybridized carbons (Fsp3) is 0.261. The van der Waals surface area contributed by atoms with Gasteiger partial charge < -0.3 is 4.74 Å². The van der Waals surface area contributed by atoms with E-state index >= 15 is 0 Å². The van der Waals surface area contributed by atoms with E-state index in [-0.39, 0.29) is 19.1 Å². The first-order chi connectivity index (χ1) is 15.5. The number of hydrogen-bond acceptors (Lipinski definition) is 5. The standard InChI is InChI=1S/C23H21Cl2N3O3S/c24-18-9-4-8-17(20(18)25)14-28(22-26-11-13-32-22)21(29)19-10-5-12-27(19)23(30)31-15-16-6-2-1-3-7-16/h1-4,6-9,11,13,19H,5,10,12,14-15H2. The molecule has 0 bridgehead atoms. The van der Waals surface area contributed by atoms with Gasteiger partial charge in [-0.2, -0.15) is 0 Å². The first-order valence-electron chi connectivity index (χ1n) is 10.2. The number of anilines is 1. The summed E-state index contributed by atoms with van der Waals surface area (Å²) in [5.74, 6) is -0.217. The van der Waals surface area contributed by atoms with Crippen molar-refractivity contribution in [3.8, 4) is 0 Å². The molecule has 3 aromatic rings. The van der Waals surface area contributed by atoms with Crippen molar-refractivity contribution in [1.82, 2.24) is 9.88 Å². The van der Waals surface area contributed by atoms with E-state index in [0.717, 1.165) is 12.0 Å². The third kappa shape index (κ3) is 5.06. The molecule has 1 saturated heterocycles. The summed E-state index contributed by atoms with van der Waals surface area (Å²) < 4.78 is 5.48. The lowest BCUT2D eigenvalue weighted by Crippen LogP contribution is -2.48. The number of carbonyl (C=O) groups is 2. The highest BCUT2D eigenvalue weighted by Crippen LogP contribution is 2.31. The quantitative estimate of drug-likeness (QED) is 0.439. The minimum atomic E-state index is -0.625. The molecule has 166 valence electrons. The minimum absolute atomic E-state index is 0.158. The monoisotopic (exact) mass is 489 g/mol. The van der Waals surface area contributed by atoms with Crippen LogP contribution >= 0.6 is 34.5 Å². The van der Waals surface area contributed by atoms with Crippen LogP contribution in [-0.2, 0) is 22.7 Å². The van der Waals surface area contributed by atoms with Crippen LogP contribution in [0.1, 0.15) is 24.0 Å². The van der Waals surface area contributed by atoms with Crippen LogP contribution in [0.15, 0.2) is 60.1 Å². The van der Waals surface area contributed by atoms with Crippen molar-refractivity contribution in [2.75, 3.05) is 11.4 Å². The van der Waals surface area contributed by atoms with Crippen LogP contribution in [0.4, 0.5) is 9.93 Å². The highest BCUT2D eigenvalue weighted by Gasteiger charge is 2.38. The molecule has 1 aliphatic heterocycles. The van der Waals surface area contributed by atoms with E-state index in [0.29, 0.717) is 33.7 Å². The van der Waals surface area contributed by atoms with Gasteiger partial charge in [-0.3, -0.25) is 14.6 Å². The summed E-state index contributed by atoms with van der Waals surface area (Å²) in [4.78, 5) is 33.8. The SMILES string of the molecule is O=C(C1CCCN1C(=O)OCc1ccccc1)N(Cc1cccc(Cl)c1Cl)c1nccs1. The molecule has 0 radical (unpaired) electrons. The Morgan fingerprint density at radius 1 is 1.16 bits per heavy atom. The predicted octanol–water partition coefficient (Wildman–Crippen LogP) is 5.78. The average molecular weight is 490 g/mol. The third-order valence-corrected chi connectivity index (χ3v) is 6.91. The minimum Gasteiger partial charge on any atom is -0.445 e. The molecular formula is C23H21Cl2N3O3S. The van der Waals surface area contributed by atoms with Gasteiger partial charge in [-0.15, -0.1) is 11.3 Å². The number of hydrogen-bond donors (Lipinski definition) is 0. The van der Waals surface area contributed by atoms with Gasteiger partial charge in [-0.25, -0.2) is 9.78 Å². The van der Waals surface area contributed by atoms with Gasteiger partial charge >= 0.3 is 6.09 Å². The van der Waals surface area contributed by atoms with Gasteiger partial charge in [0.05, 0.1) is 16.6 Å². The van der Waals surface area contributed by atoms with Crippen LogP contribution < -0.4 is 4.90 Å². The van der Waals surface area contributed by atoms with E-state index in [2.05, 4.69) is 4.98 Å². The van der Waals surface area contributed by atoms with Crippen molar-refractivity contribution in [2.24, 2.45) is 0 Å². The van der Waals surface area contributed by atoms with Crippen LogP contribution in [-0.4, -0.2) is 34.5 Å². The van der Waals surface area contributed by atoms with Gasteiger partial charge in [0.15, 0.2) is 5.13 Å². The van der Waals surface area contributed by atoms with Crippen LogP contribution in [0, 0.1) is 0 Å². The lowest BCUT2D eigenvalue weighted by molar-refractivity contribution is -0.122. The zero-order valence-electron chi connectivity index (χ0n) is 17.1. The Balaban J connectivity index is 1.52. The van der Waals surface area contributed by atoms with E-state index < -0.39 is 12.1 Å². The second kappa shape index (κ2) is 10.3. The van der Waals surface area contributed by atoms with Crippen LogP contribution in [0.3, 0.4) is 0 Å². The average Bonchev–Trinajstić information content (AvgIpc) is 3.51. The van der Waals surface area contributed by atoms with Gasteiger partial charge in [0.1, 0.15) is 12.6 Å². The second-order valence-corrected chi connectivity index (χ2v) is 9.00. The summed E-state index contributed by atoms with van der Waals surface area (Å²) in [5.41, 5.74) is 1.60. The smallest absolute Gasteiger partial charge is 0.410 e. The maximum atomic E-state index is 13.6. The van der Waals surface area contributed by atoms with Crippen molar-refractivity contribution in [3.05, 3.63) is 81.3 Å². The van der Waals surface area contributed by atoms with Gasteiger partial charge in [-0.05, 0) is 30.0 Å². The first-order valence-corrected chi connectivity index (χ1v) is 11.8. The lowest BCUT2D eigenvalue weighted by atomic mass is 10.1. The predicted molar refractivity (Wildman–Crippen MR) is 126 cm³/mol. The van der Waals surface area contributed by atoms with Crippen LogP contribution in [0.2, 0.25) is 10.0 Å². The molecule has 0 spiro atoms. The Labute approximate surface area is 200 Å². The maximum Gasteiger partial charge on any atom is 0.410 e. The van der Waals surface area contributed by atoms with Crippen LogP contribution in [0.5, 0.6) is 0 Å². The summed E-state index contributed by atoms with van der Waals surface area (Å²) in [5, 5.41) is 3.16. The highest BCUT2D eigenvalue weighted by molar-refractivity contribution is 7.13. The van der Waals surface area contributed by atoms with Crippen molar-refractivity contribution >= 4 is 51.7 Å². The molecular weight excluding hydrogens is 469 g/mol. The third-order valence-electron chi connectivity index (χ3n) is 5.25. The molecule has 2 aromatic carbocycles. The number of carbonyl (C=O) groups excluding carboxylic acids is 2. The molecule has 1 atom stereocenters. The molecule has 32 heavy (non-hydrogen) atoms. The zero-order chi connectivity index (χ0) is 22.5. The molecule has 2 amide bonds. The molecule has 1 fully saturated rings. The Kier molecular flexibility index (Phi) is 7.29. The number of thiazole rings is 1. The summed E-state index contributed by atoms with van der Waals surface area (Å²) >= 11 is 13.9. The lowest BCUT2D eigenvalue weighted by Gasteiger charge is -2.29. The van der Waals surface area contributed by atoms with Crippen LogP contribution in [0.25, 0.3) is 0 Å². The molecule has 0 aliphatic carbocycles. The number of ether oxygens (including phenoxy) is 1. The summed E-state index contributed by atoms with van der Waals surface area (Å²) in [6.07, 6.45) is 2.43. The first kappa shape index (κ1) is 22.6. The van der Waals surface area contributed by atoms with E-state index in [1.165, 1.54) is 16.2 Å². The fourth-order valence-electron chi connectivity index (χ4n) is 3.65. The van der Waals surface area contributed by atoms with Crippen molar-refractivity contribution in [2.45, 2.75) is 32.0 Å². The molecule has 0 N–H and O–H groups in total. The molecule has 1 aliphatic rings. The Bertz CT molecular complexity index is 1080. The van der Waals surface area contributed by atoms with Crippen molar-refractivity contribution < 1.29 is 14.3 Å². The Hall–Kier alpha value is -2.61. The number of aromatic nitrogens is 1. The molecule has 9 heteroatoms. The number of nitrogens with zero attached hydrogens (tertiary/aromatic N) is 3. The molecule has 0 saturated carbocycles. The number of halogens is 2. The molecule has 1 unspecified atom stereocenters.